The van der Waals surface area contributed by atoms with Gasteiger partial charge in [0.05, 0.1) is 25.3 Å². The van der Waals surface area contributed by atoms with Crippen molar-refractivity contribution in [1.82, 2.24) is 10.2 Å². The number of benzene rings is 1. The molecule has 2 saturated heterocycles. The molecule has 4 unspecified atom stereocenters. The summed E-state index contributed by atoms with van der Waals surface area (Å²) in [6.45, 7) is 6.96. The van der Waals surface area contributed by atoms with Crippen molar-refractivity contribution in [2.45, 2.75) is 95.2 Å². The van der Waals surface area contributed by atoms with Gasteiger partial charge in [-0.25, -0.2) is 9.59 Å². The molecule has 4 bridgehead atoms. The van der Waals surface area contributed by atoms with E-state index >= 15 is 0 Å². The number of thiol groups is 1. The molecule has 4 rings (SSSR count). The molecule has 2 fully saturated rings. The van der Waals surface area contributed by atoms with Crippen LogP contribution in [0.3, 0.4) is 0 Å². The molecule has 0 saturated carbocycles. The summed E-state index contributed by atoms with van der Waals surface area (Å²) in [5, 5.41) is 14.4. The fraction of sp³-hybridized carbons (Fsp3) is 0.600. The lowest BCUT2D eigenvalue weighted by Crippen LogP contribution is -2.63. The van der Waals surface area contributed by atoms with Crippen molar-refractivity contribution >= 4 is 53.8 Å². The minimum Gasteiger partial charge on any atom is -0.495 e. The normalized spacial score (nSPS) is 32.3. The molecule has 0 aliphatic carbocycles. The summed E-state index contributed by atoms with van der Waals surface area (Å²) < 4.78 is 29.0. The number of epoxide rings is 1. The van der Waals surface area contributed by atoms with Crippen LogP contribution in [-0.2, 0) is 39.8 Å². The Kier molecular flexibility index (Phi) is 12.6. The molecule has 2 N–H and O–H groups in total. The fourth-order valence-electron chi connectivity index (χ4n) is 6.49. The number of fused-ring (bicyclic) bond motifs is 5. The van der Waals surface area contributed by atoms with Gasteiger partial charge in [0.2, 0.25) is 11.8 Å². The highest BCUT2D eigenvalue weighted by Gasteiger charge is 2.64. The predicted octanol–water partition coefficient (Wildman–Crippen LogP) is 3.83. The van der Waals surface area contributed by atoms with Crippen LogP contribution in [0.1, 0.15) is 52.5 Å². The first-order valence-corrected chi connectivity index (χ1v) is 17.5. The van der Waals surface area contributed by atoms with Crippen LogP contribution in [0.15, 0.2) is 35.9 Å². The monoisotopic (exact) mass is 737 g/mol. The van der Waals surface area contributed by atoms with Crippen molar-refractivity contribution in [3.05, 3.63) is 46.5 Å². The van der Waals surface area contributed by atoms with Gasteiger partial charge in [0, 0.05) is 40.0 Å². The second-order valence-corrected chi connectivity index (χ2v) is 14.2. The number of rotatable bonds is 7. The Morgan fingerprint density at radius 2 is 1.98 bits per heavy atom. The molecule has 3 aliphatic heterocycles. The second-order valence-electron chi connectivity index (χ2n) is 13.4. The molecular weight excluding hydrogens is 690 g/mol. The van der Waals surface area contributed by atoms with Crippen molar-refractivity contribution in [2.24, 2.45) is 5.92 Å². The third-order valence-electron chi connectivity index (χ3n) is 9.85. The maximum atomic E-state index is 14.0. The van der Waals surface area contributed by atoms with Gasteiger partial charge in [-0.3, -0.25) is 14.9 Å². The number of anilines is 1. The first-order chi connectivity index (χ1) is 23.5. The highest BCUT2D eigenvalue weighted by Crippen LogP contribution is 2.49. The average Bonchev–Trinajstić information content (AvgIpc) is 3.76. The van der Waals surface area contributed by atoms with Crippen molar-refractivity contribution < 1.29 is 48.0 Å². The van der Waals surface area contributed by atoms with Crippen molar-refractivity contribution in [3.8, 4) is 5.75 Å². The van der Waals surface area contributed by atoms with Gasteiger partial charge in [-0.15, -0.1) is 0 Å². The van der Waals surface area contributed by atoms with Crippen LogP contribution in [0.5, 0.6) is 5.75 Å². The number of likely N-dealkylation sites (N-methyl/N-ethyl adjacent to an activating group) is 1. The number of hydrogen-bond acceptors (Lipinski definition) is 11. The van der Waals surface area contributed by atoms with Gasteiger partial charge in [0.25, 0.3) is 0 Å². The number of nitrogens with one attached hydrogen (secondary N) is 1. The highest BCUT2D eigenvalue weighted by atomic mass is 35.5. The Bertz CT molecular complexity index is 1540. The van der Waals surface area contributed by atoms with Gasteiger partial charge in [0.1, 0.15) is 40.7 Å². The summed E-state index contributed by atoms with van der Waals surface area (Å²) in [6, 6.07) is 2.60. The highest BCUT2D eigenvalue weighted by molar-refractivity contribution is 7.80. The van der Waals surface area contributed by atoms with Gasteiger partial charge in [-0.1, -0.05) is 42.3 Å². The zero-order valence-corrected chi connectivity index (χ0v) is 31.4. The molecule has 0 spiro atoms. The van der Waals surface area contributed by atoms with Crippen LogP contribution < -0.4 is 15.0 Å². The van der Waals surface area contributed by atoms with Crippen LogP contribution in [0.4, 0.5) is 10.5 Å². The summed E-state index contributed by atoms with van der Waals surface area (Å²) in [7, 11) is 5.98. The predicted molar refractivity (Wildman–Crippen MR) is 189 cm³/mol. The SMILES string of the molecule is COc1cc2cc(c1Cl)N(C)C(=O)CC(OC(=O)C(C)N(C)C(=O)CCS)[C@]1(C)O[C@H]1C(C)C1C[C@@](O)(NC(=O)O1)[C@H](OC)/C=C/C=C(\C)C2. The number of allylic oxidation sites excluding steroid dienone is 3. The Labute approximate surface area is 303 Å². The lowest BCUT2D eigenvalue weighted by molar-refractivity contribution is -0.161. The van der Waals surface area contributed by atoms with E-state index in [1.807, 2.05) is 13.0 Å². The molecule has 1 aromatic rings. The Balaban J connectivity index is 1.78. The van der Waals surface area contributed by atoms with E-state index in [0.717, 1.165) is 11.1 Å². The van der Waals surface area contributed by atoms with Gasteiger partial charge < -0.3 is 38.6 Å². The maximum absolute atomic E-state index is 14.0. The summed E-state index contributed by atoms with van der Waals surface area (Å²) in [5.41, 5.74) is -0.903. The number of nitrogens with zero attached hydrogens (tertiary/aromatic N) is 2. The van der Waals surface area contributed by atoms with Crippen molar-refractivity contribution in [2.75, 3.05) is 39.0 Å². The largest absolute Gasteiger partial charge is 0.495 e. The lowest BCUT2D eigenvalue weighted by atomic mass is 9.83. The molecule has 1 aromatic carbocycles. The lowest BCUT2D eigenvalue weighted by Gasteiger charge is -2.42. The van der Waals surface area contributed by atoms with Crippen LogP contribution in [0, 0.1) is 5.92 Å². The number of aliphatic hydroxyl groups is 1. The molecule has 15 heteroatoms. The smallest absolute Gasteiger partial charge is 0.409 e. The molecule has 3 heterocycles. The van der Waals surface area contributed by atoms with Crippen LogP contribution in [-0.4, -0.2) is 110 Å². The van der Waals surface area contributed by atoms with E-state index in [0.29, 0.717) is 23.6 Å². The molecule has 0 radical (unpaired) electrons. The number of ether oxygens (including phenoxy) is 5. The number of hydrogen-bond donors (Lipinski definition) is 3. The minimum absolute atomic E-state index is 0.0489. The first-order valence-electron chi connectivity index (χ1n) is 16.4. The van der Waals surface area contributed by atoms with Gasteiger partial charge in [0.15, 0.2) is 5.72 Å². The van der Waals surface area contributed by atoms with E-state index in [1.165, 1.54) is 38.0 Å². The molecule has 0 aromatic heterocycles. The van der Waals surface area contributed by atoms with Crippen LogP contribution >= 0.6 is 24.2 Å². The number of methoxy groups -OCH3 is 2. The van der Waals surface area contributed by atoms with E-state index in [-0.39, 0.29) is 30.2 Å². The number of carbonyl (C=O) groups excluding carboxylic acids is 4. The zero-order chi connectivity index (χ0) is 37.1. The summed E-state index contributed by atoms with van der Waals surface area (Å²) in [5.74, 6) is -1.30. The number of carbonyl (C=O) groups is 4. The number of halogens is 1. The summed E-state index contributed by atoms with van der Waals surface area (Å²) in [6.07, 6.45) is 1.08. The van der Waals surface area contributed by atoms with Crippen LogP contribution in [0.25, 0.3) is 0 Å². The minimum atomic E-state index is -1.82. The van der Waals surface area contributed by atoms with Crippen molar-refractivity contribution in [3.63, 3.8) is 0 Å². The molecule has 276 valence electrons. The van der Waals surface area contributed by atoms with Gasteiger partial charge in [-0.05, 0) is 50.6 Å². The Hall–Kier alpha value is -3.30. The molecule has 13 nitrogen and oxygen atoms in total. The van der Waals surface area contributed by atoms with Gasteiger partial charge >= 0.3 is 12.1 Å². The van der Waals surface area contributed by atoms with Crippen molar-refractivity contribution in [1.29, 1.82) is 0 Å². The van der Waals surface area contributed by atoms with E-state index in [2.05, 4.69) is 17.9 Å². The molecule has 3 amide bonds. The Morgan fingerprint density at radius 3 is 2.62 bits per heavy atom. The molecule has 3 aliphatic rings. The maximum Gasteiger partial charge on any atom is 0.409 e. The fourth-order valence-corrected chi connectivity index (χ4v) is 6.99. The standard InChI is InChI=1S/C35H48ClN3O10S/c1-19-10-9-11-26(46-8)35(44)18-25(47-33(43)37-35)20(2)31-34(4,49-31)27(48-32(42)21(3)38(5)28(40)12-13-50)17-29(41)39(6)23-15-22(14-19)16-24(45-7)30(23)36/h9-11,15-16,20-21,25-27,31,44,50H,12-14,17-18H2,1-8H3,(H,37,43)/b11-9+,19-10+/t20?,21?,25?,26-,27?,31+,34+,35+/m1/s1. The number of esters is 1. The third kappa shape index (κ3) is 8.42. The van der Waals surface area contributed by atoms with E-state index < -0.39 is 65.7 Å². The number of alkyl carbamates (subject to hydrolysis) is 1. The first kappa shape index (κ1) is 39.5. The second kappa shape index (κ2) is 15.9. The zero-order valence-electron chi connectivity index (χ0n) is 29.7. The van der Waals surface area contributed by atoms with E-state index in [1.54, 1.807) is 45.2 Å². The number of amides is 3. The average molecular weight is 738 g/mol. The summed E-state index contributed by atoms with van der Waals surface area (Å²) in [4.78, 5) is 55.6. The molecule has 8 atom stereocenters. The quantitative estimate of drug-likeness (QED) is 0.214. The third-order valence-corrected chi connectivity index (χ3v) is 10.5. The van der Waals surface area contributed by atoms with E-state index in [4.69, 9.17) is 35.3 Å². The molecule has 50 heavy (non-hydrogen) atoms. The van der Waals surface area contributed by atoms with E-state index in [9.17, 15) is 24.3 Å². The Morgan fingerprint density at radius 1 is 1.28 bits per heavy atom. The van der Waals surface area contributed by atoms with Crippen LogP contribution in [0.2, 0.25) is 5.02 Å². The summed E-state index contributed by atoms with van der Waals surface area (Å²) >= 11 is 10.8. The van der Waals surface area contributed by atoms with Gasteiger partial charge in [-0.2, -0.15) is 12.6 Å². The topological polar surface area (TPSA) is 156 Å². The molecular formula is C35H48ClN3O10S.